The van der Waals surface area contributed by atoms with Crippen LogP contribution in [0.15, 0.2) is 91.0 Å². The summed E-state index contributed by atoms with van der Waals surface area (Å²) in [5.41, 5.74) is 8.23. The number of benzene rings is 3. The SMILES string of the molecule is C1CCOC1.CC(C)[PH+](C[N-]c1ccccc1)C(C)C.CC(C)[PH+](C[N-]c1ccccc1)C(C)C.CC(C)[PH+](C[N-]c1ccccc1)C(C)C.[Lu].[Ni+2]. The minimum Gasteiger partial charge on any atom is -0.652 e. The summed E-state index contributed by atoms with van der Waals surface area (Å²) in [4.78, 5) is 0. The van der Waals surface area contributed by atoms with Crippen LogP contribution >= 0.6 is 23.8 Å². The minimum absolute atomic E-state index is 0. The van der Waals surface area contributed by atoms with Gasteiger partial charge in [0.1, 0.15) is 0 Å². The van der Waals surface area contributed by atoms with Crippen LogP contribution in [0.2, 0.25) is 0 Å². The summed E-state index contributed by atoms with van der Waals surface area (Å²) in [6.07, 6.45) is 5.69. The van der Waals surface area contributed by atoms with Crippen molar-refractivity contribution in [1.82, 2.24) is 0 Å². The van der Waals surface area contributed by atoms with Crippen molar-refractivity contribution in [1.29, 1.82) is 0 Å². The number of nitrogens with zero attached hydrogens (tertiary/aromatic N) is 3. The third kappa shape index (κ3) is 26.0. The molecule has 0 spiro atoms. The molecule has 0 aromatic heterocycles. The van der Waals surface area contributed by atoms with Gasteiger partial charge in [0.05, 0.1) is 34.0 Å². The fraction of sp³-hybridized carbons (Fsp3) is 0.581. The Morgan fingerprint density at radius 3 is 0.788 bits per heavy atom. The summed E-state index contributed by atoms with van der Waals surface area (Å²) in [5.74, 6) is 0. The van der Waals surface area contributed by atoms with E-state index in [1.807, 2.05) is 18.2 Å². The van der Waals surface area contributed by atoms with E-state index in [1.165, 1.54) is 12.8 Å². The van der Waals surface area contributed by atoms with E-state index in [1.54, 1.807) is 0 Å². The molecular weight excluding hydrogens is 901 g/mol. The zero-order valence-corrected chi connectivity index (χ0v) is 40.0. The molecule has 0 saturated carbocycles. The van der Waals surface area contributed by atoms with Crippen molar-refractivity contribution in [2.24, 2.45) is 0 Å². The summed E-state index contributed by atoms with van der Waals surface area (Å²) in [6.45, 7) is 29.9. The summed E-state index contributed by atoms with van der Waals surface area (Å²) in [6, 6.07) is 30.9. The molecule has 0 bridgehead atoms. The molecule has 1 heterocycles. The molecule has 0 amide bonds. The van der Waals surface area contributed by atoms with Crippen LogP contribution in [0.25, 0.3) is 16.0 Å². The smallest absolute Gasteiger partial charge is 0.652 e. The quantitative estimate of drug-likeness (QED) is 0.111. The Balaban J connectivity index is 0. The van der Waals surface area contributed by atoms with Crippen molar-refractivity contribution in [2.45, 2.75) is 130 Å². The third-order valence-electron chi connectivity index (χ3n) is 8.88. The van der Waals surface area contributed by atoms with E-state index < -0.39 is 0 Å². The summed E-state index contributed by atoms with van der Waals surface area (Å²) < 4.78 is 4.94. The topological polar surface area (TPSA) is 51.5 Å². The predicted molar refractivity (Wildman–Crippen MR) is 239 cm³/mol. The van der Waals surface area contributed by atoms with Crippen molar-refractivity contribution in [2.75, 3.05) is 32.1 Å². The molecule has 1 radical (unpaired) electrons. The van der Waals surface area contributed by atoms with Crippen LogP contribution in [0.3, 0.4) is 0 Å². The number of hydrogen-bond donors (Lipinski definition) is 0. The van der Waals surface area contributed by atoms with Crippen molar-refractivity contribution in [3.8, 4) is 0 Å². The molecule has 3 aromatic carbocycles. The third-order valence-corrected chi connectivity index (χ3v) is 19.3. The van der Waals surface area contributed by atoms with Gasteiger partial charge < -0.3 is 20.7 Å². The largest absolute Gasteiger partial charge is 2.00 e. The summed E-state index contributed by atoms with van der Waals surface area (Å²) >= 11 is 0. The van der Waals surface area contributed by atoms with Gasteiger partial charge in [-0.15, -0.1) is 17.1 Å². The molecular formula is C43H74LuN3NiOP3+2. The molecule has 1 fully saturated rings. The van der Waals surface area contributed by atoms with Gasteiger partial charge in [0.25, 0.3) is 0 Å². The molecule has 0 atom stereocenters. The number of hydrogen-bond acceptors (Lipinski definition) is 1. The van der Waals surface area contributed by atoms with Crippen LogP contribution < -0.4 is 0 Å². The molecule has 3 aromatic rings. The first-order valence-corrected chi connectivity index (χ1v) is 24.7. The van der Waals surface area contributed by atoms with Crippen LogP contribution in [0, 0.1) is 36.9 Å². The second-order valence-electron chi connectivity index (χ2n) is 14.9. The monoisotopic (exact) mass is 974 g/mol. The molecule has 4 rings (SSSR count). The van der Waals surface area contributed by atoms with Crippen LogP contribution in [0.4, 0.5) is 17.1 Å². The normalized spacial score (nSPS) is 12.2. The number of ether oxygens (including phenoxy) is 1. The Morgan fingerprint density at radius 1 is 0.423 bits per heavy atom. The van der Waals surface area contributed by atoms with E-state index in [0.717, 1.165) is 83.1 Å². The van der Waals surface area contributed by atoms with Crippen molar-refractivity contribution >= 4 is 40.8 Å². The molecule has 9 heteroatoms. The Bertz CT molecular complexity index is 1010. The Labute approximate surface area is 364 Å². The van der Waals surface area contributed by atoms with Crippen molar-refractivity contribution < 1.29 is 58.1 Å². The van der Waals surface area contributed by atoms with E-state index in [2.05, 4.69) is 156 Å². The maximum absolute atomic E-state index is 4.94. The van der Waals surface area contributed by atoms with Gasteiger partial charge in [-0.2, -0.15) is 0 Å². The van der Waals surface area contributed by atoms with Crippen LogP contribution in [0.1, 0.15) is 95.9 Å². The first-order valence-electron chi connectivity index (χ1n) is 19.1. The summed E-state index contributed by atoms with van der Waals surface area (Å²) in [5, 5.41) is 14.1. The van der Waals surface area contributed by atoms with E-state index in [9.17, 15) is 0 Å². The molecule has 4 nitrogen and oxygen atoms in total. The molecule has 305 valence electrons. The van der Waals surface area contributed by atoms with Gasteiger partial charge in [-0.25, -0.2) is 0 Å². The van der Waals surface area contributed by atoms with Gasteiger partial charge in [0, 0.05) is 50.1 Å². The molecule has 1 aliphatic rings. The first-order chi connectivity index (χ1) is 23.8. The van der Waals surface area contributed by atoms with Gasteiger partial charge in [-0.05, 0) is 139 Å². The Hall–Kier alpha value is 0.0373. The minimum atomic E-state index is -0.343. The molecule has 1 aliphatic heterocycles. The van der Waals surface area contributed by atoms with E-state index in [0.29, 0.717) is 0 Å². The van der Waals surface area contributed by atoms with Gasteiger partial charge in [-0.1, -0.05) is 91.0 Å². The van der Waals surface area contributed by atoms with Crippen LogP contribution in [0.5, 0.6) is 0 Å². The molecule has 0 unspecified atom stereocenters. The maximum Gasteiger partial charge on any atom is 2.00 e. The fourth-order valence-electron chi connectivity index (χ4n) is 5.75. The van der Waals surface area contributed by atoms with Crippen molar-refractivity contribution in [3.63, 3.8) is 0 Å². The average molecular weight is 976 g/mol. The second kappa shape index (κ2) is 33.2. The van der Waals surface area contributed by atoms with Gasteiger partial charge in [0.15, 0.2) is 0 Å². The van der Waals surface area contributed by atoms with E-state index in [-0.39, 0.29) is 77.1 Å². The Morgan fingerprint density at radius 2 is 0.635 bits per heavy atom. The zero-order valence-electron chi connectivity index (χ0n) is 34.4. The number of para-hydroxylation sites is 3. The maximum atomic E-state index is 4.94. The van der Waals surface area contributed by atoms with Gasteiger partial charge in [0.2, 0.25) is 0 Å². The van der Waals surface area contributed by atoms with E-state index >= 15 is 0 Å². The van der Waals surface area contributed by atoms with Gasteiger partial charge in [-0.3, -0.25) is 0 Å². The van der Waals surface area contributed by atoms with E-state index in [4.69, 9.17) is 20.7 Å². The standard InChI is InChI=1S/3C13H21NP.C4H8O.Lu.Ni/c3*1-11(2)15(12(3)4)10-14-13-8-6-5-7-9-13;1-2-4-5-3-1;;/h3*5-9,11-12H,10H2,1-4H3;1-4H2;;/q3*-1;;;+2/p+3. The zero-order chi connectivity index (χ0) is 37.3. The molecule has 52 heavy (non-hydrogen) atoms. The Kier molecular flexibility index (Phi) is 34.6. The summed E-state index contributed by atoms with van der Waals surface area (Å²) in [7, 11) is -1.03. The number of rotatable bonds is 15. The molecule has 1 saturated heterocycles. The van der Waals surface area contributed by atoms with Gasteiger partial charge >= 0.3 is 16.5 Å². The molecule has 0 aliphatic carbocycles. The van der Waals surface area contributed by atoms with Crippen LogP contribution in [-0.2, 0) is 21.2 Å². The second-order valence-corrected chi connectivity index (χ2v) is 26.3. The average Bonchev–Trinajstić information content (AvgIpc) is 3.67. The molecule has 0 N–H and O–H groups in total. The first kappa shape index (κ1) is 54.1. The fourth-order valence-corrected chi connectivity index (χ4v) is 13.0. The predicted octanol–water partition coefficient (Wildman–Crippen LogP) is 14.8. The van der Waals surface area contributed by atoms with Crippen LogP contribution in [-0.4, -0.2) is 66.0 Å². The van der Waals surface area contributed by atoms with Crippen molar-refractivity contribution in [3.05, 3.63) is 107 Å².